The Morgan fingerprint density at radius 3 is 2.16 bits per heavy atom. The summed E-state index contributed by atoms with van der Waals surface area (Å²) in [6.45, 7) is 4.63. The van der Waals surface area contributed by atoms with Crippen molar-refractivity contribution in [3.63, 3.8) is 0 Å². The van der Waals surface area contributed by atoms with Crippen molar-refractivity contribution in [2.24, 2.45) is 5.10 Å². The molecule has 3 aromatic carbocycles. The number of rotatable bonds is 9. The molecule has 0 aliphatic heterocycles. The van der Waals surface area contributed by atoms with Crippen LogP contribution in [0.5, 0.6) is 23.0 Å². The normalized spacial score (nSPS) is 11.0. The summed E-state index contributed by atoms with van der Waals surface area (Å²) in [5, 5.41) is 14.2. The molecule has 0 bridgehead atoms. The molecule has 7 heteroatoms. The lowest BCUT2D eigenvalue weighted by molar-refractivity contribution is 0.0954. The number of methoxy groups -OCH3 is 1. The molecule has 32 heavy (non-hydrogen) atoms. The Morgan fingerprint density at radius 2 is 1.56 bits per heavy atom. The van der Waals surface area contributed by atoms with Gasteiger partial charge in [0.25, 0.3) is 5.91 Å². The van der Waals surface area contributed by atoms with Gasteiger partial charge in [-0.05, 0) is 67.9 Å². The first-order chi connectivity index (χ1) is 15.5. The molecular weight excluding hydrogens is 408 g/mol. The highest BCUT2D eigenvalue weighted by Gasteiger charge is 2.09. The van der Waals surface area contributed by atoms with Crippen molar-refractivity contribution in [3.05, 3.63) is 83.4 Å². The number of carbonyl (C=O) groups is 1. The predicted octanol–water partition coefficient (Wildman–Crippen LogP) is 4.53. The third kappa shape index (κ3) is 6.01. The molecule has 0 atom stereocenters. The molecule has 7 nitrogen and oxygen atoms in total. The second-order valence-electron chi connectivity index (χ2n) is 6.91. The van der Waals surface area contributed by atoms with Crippen LogP contribution < -0.4 is 19.6 Å². The second kappa shape index (κ2) is 10.9. The average molecular weight is 434 g/mol. The number of phenols is 1. The fourth-order valence-electron chi connectivity index (χ4n) is 2.92. The number of aromatic hydroxyl groups is 1. The Labute approximate surface area is 187 Å². The first-order valence-electron chi connectivity index (χ1n) is 10.2. The van der Waals surface area contributed by atoms with Crippen LogP contribution in [0.25, 0.3) is 0 Å². The van der Waals surface area contributed by atoms with Crippen molar-refractivity contribution in [1.29, 1.82) is 0 Å². The number of ether oxygens (including phenoxy) is 3. The number of hydrogen-bond donors (Lipinski definition) is 2. The van der Waals surface area contributed by atoms with Gasteiger partial charge in [-0.2, -0.15) is 5.10 Å². The Kier molecular flexibility index (Phi) is 7.70. The van der Waals surface area contributed by atoms with Crippen LogP contribution in [0.2, 0.25) is 0 Å². The van der Waals surface area contributed by atoms with Gasteiger partial charge in [-0.25, -0.2) is 5.43 Å². The van der Waals surface area contributed by atoms with Gasteiger partial charge in [0.15, 0.2) is 0 Å². The number of amides is 1. The molecule has 0 saturated carbocycles. The van der Waals surface area contributed by atoms with Gasteiger partial charge in [-0.3, -0.25) is 4.79 Å². The zero-order valence-corrected chi connectivity index (χ0v) is 18.3. The van der Waals surface area contributed by atoms with E-state index in [1.165, 1.54) is 13.2 Å². The first kappa shape index (κ1) is 22.7. The van der Waals surface area contributed by atoms with Crippen LogP contribution in [0.3, 0.4) is 0 Å². The van der Waals surface area contributed by atoms with E-state index in [-0.39, 0.29) is 11.7 Å². The van der Waals surface area contributed by atoms with Gasteiger partial charge in [-0.15, -0.1) is 0 Å². The smallest absolute Gasteiger partial charge is 0.271 e. The number of nitrogens with one attached hydrogen (secondary N) is 1. The highest BCUT2D eigenvalue weighted by atomic mass is 16.5. The predicted molar refractivity (Wildman–Crippen MR) is 123 cm³/mol. The lowest BCUT2D eigenvalue weighted by Crippen LogP contribution is -2.19. The molecule has 0 saturated heterocycles. The van der Waals surface area contributed by atoms with E-state index in [0.29, 0.717) is 35.8 Å². The zero-order valence-electron chi connectivity index (χ0n) is 18.3. The number of benzene rings is 3. The lowest BCUT2D eigenvalue weighted by atomic mass is 10.1. The number of hydrogen-bond acceptors (Lipinski definition) is 6. The van der Waals surface area contributed by atoms with Gasteiger partial charge in [0.05, 0.1) is 19.4 Å². The Hall–Kier alpha value is -4.00. The molecule has 3 aromatic rings. The number of carbonyl (C=O) groups excluding carboxylic acids is 1. The molecular formula is C25H26N2O5. The number of hydrazone groups is 1. The van der Waals surface area contributed by atoms with Gasteiger partial charge in [-0.1, -0.05) is 12.1 Å². The minimum absolute atomic E-state index is 0.0248. The molecule has 3 rings (SSSR count). The zero-order chi connectivity index (χ0) is 22.9. The maximum absolute atomic E-state index is 12.4. The van der Waals surface area contributed by atoms with E-state index in [2.05, 4.69) is 10.5 Å². The van der Waals surface area contributed by atoms with Gasteiger partial charge in [0, 0.05) is 17.2 Å². The summed E-state index contributed by atoms with van der Waals surface area (Å²) in [6, 6.07) is 19.4. The monoisotopic (exact) mass is 434 g/mol. The van der Waals surface area contributed by atoms with E-state index >= 15 is 0 Å². The molecule has 0 aromatic heterocycles. The van der Waals surface area contributed by atoms with E-state index in [0.717, 1.165) is 17.1 Å². The maximum atomic E-state index is 12.4. The van der Waals surface area contributed by atoms with Crippen LogP contribution in [0.4, 0.5) is 0 Å². The Bertz CT molecular complexity index is 1080. The highest BCUT2D eigenvalue weighted by Crippen LogP contribution is 2.24. The largest absolute Gasteiger partial charge is 0.507 e. The minimum Gasteiger partial charge on any atom is -0.507 e. The summed E-state index contributed by atoms with van der Waals surface area (Å²) in [6.07, 6.45) is 0. The van der Waals surface area contributed by atoms with Gasteiger partial charge < -0.3 is 19.3 Å². The van der Waals surface area contributed by atoms with Crippen molar-refractivity contribution >= 4 is 11.6 Å². The third-order valence-electron chi connectivity index (χ3n) is 4.68. The number of phenolic OH excluding ortho intramolecular Hbond substituents is 1. The number of nitrogens with zero attached hydrogens (tertiary/aromatic N) is 1. The molecule has 0 aliphatic rings. The molecule has 0 unspecified atom stereocenters. The van der Waals surface area contributed by atoms with Crippen molar-refractivity contribution < 1.29 is 24.1 Å². The summed E-state index contributed by atoms with van der Waals surface area (Å²) in [5.74, 6) is 1.75. The SMILES string of the molecule is CCOc1ccc(OCc2ccc(C(=O)NN=C(C)c3ccc(OC)cc3O)cc2)cc1. The molecule has 166 valence electrons. The summed E-state index contributed by atoms with van der Waals surface area (Å²) in [7, 11) is 1.52. The Balaban J connectivity index is 1.55. The average Bonchev–Trinajstić information content (AvgIpc) is 2.82. The van der Waals surface area contributed by atoms with Crippen LogP contribution in [0, 0.1) is 0 Å². The van der Waals surface area contributed by atoms with E-state index in [1.54, 1.807) is 31.2 Å². The van der Waals surface area contributed by atoms with E-state index < -0.39 is 0 Å². The van der Waals surface area contributed by atoms with Gasteiger partial charge in [0.1, 0.15) is 29.6 Å². The van der Waals surface area contributed by atoms with Crippen LogP contribution >= 0.6 is 0 Å². The Morgan fingerprint density at radius 1 is 0.938 bits per heavy atom. The molecule has 0 aliphatic carbocycles. The topological polar surface area (TPSA) is 89.4 Å². The second-order valence-corrected chi connectivity index (χ2v) is 6.91. The summed E-state index contributed by atoms with van der Waals surface area (Å²) < 4.78 is 16.3. The molecule has 0 spiro atoms. The molecule has 0 heterocycles. The third-order valence-corrected chi connectivity index (χ3v) is 4.68. The van der Waals surface area contributed by atoms with Gasteiger partial charge >= 0.3 is 0 Å². The van der Waals surface area contributed by atoms with Crippen LogP contribution in [0.15, 0.2) is 71.8 Å². The first-order valence-corrected chi connectivity index (χ1v) is 10.2. The molecule has 1 amide bonds. The molecule has 2 N–H and O–H groups in total. The quantitative estimate of drug-likeness (QED) is 0.381. The lowest BCUT2D eigenvalue weighted by Gasteiger charge is -2.09. The molecule has 0 fully saturated rings. The summed E-state index contributed by atoms with van der Waals surface area (Å²) in [5.41, 5.74) is 4.88. The van der Waals surface area contributed by atoms with Crippen molar-refractivity contribution in [2.75, 3.05) is 13.7 Å². The fraction of sp³-hybridized carbons (Fsp3) is 0.200. The minimum atomic E-state index is -0.351. The van der Waals surface area contributed by atoms with Crippen LogP contribution in [-0.2, 0) is 6.61 Å². The van der Waals surface area contributed by atoms with Crippen molar-refractivity contribution in [1.82, 2.24) is 5.43 Å². The van der Waals surface area contributed by atoms with E-state index in [4.69, 9.17) is 14.2 Å². The maximum Gasteiger partial charge on any atom is 0.271 e. The highest BCUT2D eigenvalue weighted by molar-refractivity contribution is 6.02. The van der Waals surface area contributed by atoms with E-state index in [1.807, 2.05) is 43.3 Å². The summed E-state index contributed by atoms with van der Waals surface area (Å²) in [4.78, 5) is 12.4. The molecule has 0 radical (unpaired) electrons. The van der Waals surface area contributed by atoms with Gasteiger partial charge in [0.2, 0.25) is 0 Å². The van der Waals surface area contributed by atoms with Crippen molar-refractivity contribution in [3.8, 4) is 23.0 Å². The fourth-order valence-corrected chi connectivity index (χ4v) is 2.92. The standard InChI is InChI=1S/C25H26N2O5/c1-4-31-20-9-11-21(12-10-20)32-16-18-5-7-19(8-6-18)25(29)27-26-17(2)23-14-13-22(30-3)15-24(23)28/h5-15,28H,4,16H2,1-3H3,(H,27,29). The summed E-state index contributed by atoms with van der Waals surface area (Å²) >= 11 is 0. The van der Waals surface area contributed by atoms with E-state index in [9.17, 15) is 9.90 Å². The van der Waals surface area contributed by atoms with Crippen LogP contribution in [0.1, 0.15) is 35.3 Å². The van der Waals surface area contributed by atoms with Crippen LogP contribution in [-0.4, -0.2) is 30.4 Å². The van der Waals surface area contributed by atoms with Crippen molar-refractivity contribution in [2.45, 2.75) is 20.5 Å².